The Bertz CT molecular complexity index is 710. The maximum absolute atomic E-state index is 12.2. The molecule has 2 aromatic rings. The molecule has 0 saturated heterocycles. The van der Waals surface area contributed by atoms with Crippen LogP contribution in [-0.4, -0.2) is 43.8 Å². The van der Waals surface area contributed by atoms with Crippen molar-refractivity contribution in [2.24, 2.45) is 4.99 Å². The van der Waals surface area contributed by atoms with Crippen molar-refractivity contribution in [1.29, 1.82) is 0 Å². The van der Waals surface area contributed by atoms with E-state index in [4.69, 9.17) is 9.15 Å². The number of halogens is 4. The standard InChI is InChI=1S/C19H24F3N3O2S.HI/c1-28-12-10-24-18(23-9-8-16-3-2-11-26-16)25-13-15-4-6-17(7-5-15)27-14-19(20,21)22;/h2-7,11H,8-10,12-14H2,1H3,(H2,23,24,25);1H. The van der Waals surface area contributed by atoms with Crippen molar-refractivity contribution in [2.75, 3.05) is 31.7 Å². The quantitative estimate of drug-likeness (QED) is 0.200. The number of guanidine groups is 1. The number of hydrogen-bond donors (Lipinski definition) is 2. The van der Waals surface area contributed by atoms with Gasteiger partial charge in [0.1, 0.15) is 11.5 Å². The van der Waals surface area contributed by atoms with E-state index >= 15 is 0 Å². The lowest BCUT2D eigenvalue weighted by molar-refractivity contribution is -0.153. The van der Waals surface area contributed by atoms with Crippen LogP contribution in [0.15, 0.2) is 52.1 Å². The molecular formula is C19H25F3IN3O2S. The fourth-order valence-corrected chi connectivity index (χ4v) is 2.54. The first-order valence-corrected chi connectivity index (χ1v) is 10.2. The lowest BCUT2D eigenvalue weighted by Gasteiger charge is -2.12. The summed E-state index contributed by atoms with van der Waals surface area (Å²) < 4.78 is 46.6. The number of hydrogen-bond acceptors (Lipinski definition) is 4. The Kier molecular flexibility index (Phi) is 12.0. The van der Waals surface area contributed by atoms with Crippen LogP contribution in [0.5, 0.6) is 5.75 Å². The third-order valence-corrected chi connectivity index (χ3v) is 4.20. The Morgan fingerprint density at radius 3 is 2.48 bits per heavy atom. The number of nitrogens with zero attached hydrogens (tertiary/aromatic N) is 1. The molecule has 5 nitrogen and oxygen atoms in total. The highest BCUT2D eigenvalue weighted by Gasteiger charge is 2.28. The average Bonchev–Trinajstić information content (AvgIpc) is 3.18. The SMILES string of the molecule is CSCCNC(=NCc1ccc(OCC(F)(F)F)cc1)NCCc1ccco1.I. The van der Waals surface area contributed by atoms with Crippen molar-refractivity contribution in [2.45, 2.75) is 19.1 Å². The molecule has 29 heavy (non-hydrogen) atoms. The van der Waals surface area contributed by atoms with Crippen LogP contribution in [0.2, 0.25) is 0 Å². The predicted molar refractivity (Wildman–Crippen MR) is 121 cm³/mol. The molecule has 1 aromatic heterocycles. The van der Waals surface area contributed by atoms with Gasteiger partial charge in [0.25, 0.3) is 0 Å². The van der Waals surface area contributed by atoms with Crippen LogP contribution in [-0.2, 0) is 13.0 Å². The molecule has 0 aliphatic heterocycles. The normalized spacial score (nSPS) is 11.7. The molecule has 0 saturated carbocycles. The van der Waals surface area contributed by atoms with Crippen molar-refractivity contribution in [3.05, 3.63) is 54.0 Å². The highest BCUT2D eigenvalue weighted by Crippen LogP contribution is 2.19. The molecule has 0 bridgehead atoms. The summed E-state index contributed by atoms with van der Waals surface area (Å²) in [5.74, 6) is 2.70. The topological polar surface area (TPSA) is 58.8 Å². The first-order valence-electron chi connectivity index (χ1n) is 8.78. The Balaban J connectivity index is 0.00000420. The molecule has 0 amide bonds. The van der Waals surface area contributed by atoms with Gasteiger partial charge in [-0.25, -0.2) is 4.99 Å². The van der Waals surface area contributed by atoms with E-state index in [9.17, 15) is 13.2 Å². The van der Waals surface area contributed by atoms with E-state index in [-0.39, 0.29) is 29.7 Å². The van der Waals surface area contributed by atoms with Gasteiger partial charge in [-0.1, -0.05) is 12.1 Å². The van der Waals surface area contributed by atoms with Crippen molar-refractivity contribution < 1.29 is 22.3 Å². The molecule has 162 valence electrons. The minimum atomic E-state index is -4.35. The second-order valence-electron chi connectivity index (χ2n) is 5.89. The third-order valence-electron chi connectivity index (χ3n) is 3.59. The smallest absolute Gasteiger partial charge is 0.422 e. The Morgan fingerprint density at radius 2 is 1.86 bits per heavy atom. The van der Waals surface area contributed by atoms with Crippen molar-refractivity contribution in [3.8, 4) is 5.75 Å². The third kappa shape index (κ3) is 11.3. The van der Waals surface area contributed by atoms with Crippen molar-refractivity contribution in [3.63, 3.8) is 0 Å². The Morgan fingerprint density at radius 1 is 1.14 bits per heavy atom. The van der Waals surface area contributed by atoms with Crippen LogP contribution in [0.1, 0.15) is 11.3 Å². The van der Waals surface area contributed by atoms with E-state index in [2.05, 4.69) is 15.6 Å². The maximum Gasteiger partial charge on any atom is 0.422 e. The highest BCUT2D eigenvalue weighted by molar-refractivity contribution is 14.0. The monoisotopic (exact) mass is 543 g/mol. The summed E-state index contributed by atoms with van der Waals surface area (Å²) in [4.78, 5) is 4.53. The summed E-state index contributed by atoms with van der Waals surface area (Å²) in [5, 5.41) is 6.51. The molecule has 0 unspecified atom stereocenters. The van der Waals surface area contributed by atoms with E-state index < -0.39 is 12.8 Å². The van der Waals surface area contributed by atoms with Crippen LogP contribution in [0.25, 0.3) is 0 Å². The van der Waals surface area contributed by atoms with Crippen molar-refractivity contribution >= 4 is 41.7 Å². The fourth-order valence-electron chi connectivity index (χ4n) is 2.23. The molecule has 0 spiro atoms. The van der Waals surface area contributed by atoms with Crippen LogP contribution >= 0.6 is 35.7 Å². The molecule has 1 heterocycles. The number of aliphatic imine (C=N–C) groups is 1. The Hall–Kier alpha value is -1.56. The van der Waals surface area contributed by atoms with Gasteiger partial charge in [0.05, 0.1) is 12.8 Å². The number of nitrogens with one attached hydrogen (secondary N) is 2. The zero-order valence-electron chi connectivity index (χ0n) is 16.0. The van der Waals surface area contributed by atoms with Gasteiger partial charge in [-0.3, -0.25) is 0 Å². The zero-order chi connectivity index (χ0) is 20.2. The van der Waals surface area contributed by atoms with Gasteiger partial charge >= 0.3 is 6.18 Å². The van der Waals surface area contributed by atoms with E-state index in [1.165, 1.54) is 12.1 Å². The minimum absolute atomic E-state index is 0. The molecule has 0 aliphatic rings. The highest BCUT2D eigenvalue weighted by atomic mass is 127. The van der Waals surface area contributed by atoms with E-state index in [1.807, 2.05) is 18.4 Å². The largest absolute Gasteiger partial charge is 0.484 e. The summed E-state index contributed by atoms with van der Waals surface area (Å²) in [6.45, 7) is 0.545. The second-order valence-corrected chi connectivity index (χ2v) is 6.87. The van der Waals surface area contributed by atoms with E-state index in [1.54, 1.807) is 30.2 Å². The van der Waals surface area contributed by atoms with Gasteiger partial charge in [-0.15, -0.1) is 24.0 Å². The molecule has 0 radical (unpaired) electrons. The number of benzene rings is 1. The van der Waals surface area contributed by atoms with Gasteiger partial charge in [-0.05, 0) is 36.1 Å². The summed E-state index contributed by atoms with van der Waals surface area (Å²) in [5.41, 5.74) is 0.872. The van der Waals surface area contributed by atoms with Crippen LogP contribution < -0.4 is 15.4 Å². The van der Waals surface area contributed by atoms with E-state index in [0.29, 0.717) is 19.0 Å². The van der Waals surface area contributed by atoms with Gasteiger partial charge in [0.2, 0.25) is 0 Å². The Labute approximate surface area is 189 Å². The number of thioether (sulfide) groups is 1. The average molecular weight is 543 g/mol. The fraction of sp³-hybridized carbons (Fsp3) is 0.421. The lowest BCUT2D eigenvalue weighted by atomic mass is 10.2. The number of furan rings is 1. The first-order chi connectivity index (χ1) is 13.5. The first kappa shape index (κ1) is 25.5. The molecule has 0 aliphatic carbocycles. The van der Waals surface area contributed by atoms with Gasteiger partial charge in [-0.2, -0.15) is 24.9 Å². The second kappa shape index (κ2) is 13.6. The van der Waals surface area contributed by atoms with Gasteiger partial charge in [0, 0.05) is 25.3 Å². The van der Waals surface area contributed by atoms with Crippen molar-refractivity contribution in [1.82, 2.24) is 10.6 Å². The molecule has 0 atom stereocenters. The number of alkyl halides is 3. The van der Waals surface area contributed by atoms with Crippen LogP contribution in [0.3, 0.4) is 0 Å². The summed E-state index contributed by atoms with van der Waals surface area (Å²) in [6, 6.07) is 10.2. The molecule has 10 heteroatoms. The van der Waals surface area contributed by atoms with E-state index in [0.717, 1.165) is 30.0 Å². The molecule has 1 aromatic carbocycles. The summed E-state index contributed by atoms with van der Waals surface area (Å²) in [7, 11) is 0. The molecule has 0 fully saturated rings. The molecule has 2 rings (SSSR count). The molecular weight excluding hydrogens is 518 g/mol. The lowest BCUT2D eigenvalue weighted by Crippen LogP contribution is -2.39. The molecule has 2 N–H and O–H groups in total. The van der Waals surface area contributed by atoms with Gasteiger partial charge in [0.15, 0.2) is 12.6 Å². The summed E-state index contributed by atoms with van der Waals surface area (Å²) >= 11 is 1.73. The minimum Gasteiger partial charge on any atom is -0.484 e. The summed E-state index contributed by atoms with van der Waals surface area (Å²) in [6.07, 6.45) is 0.0669. The maximum atomic E-state index is 12.2. The zero-order valence-corrected chi connectivity index (χ0v) is 19.1. The van der Waals surface area contributed by atoms with Crippen LogP contribution in [0, 0.1) is 0 Å². The van der Waals surface area contributed by atoms with Crippen LogP contribution in [0.4, 0.5) is 13.2 Å². The predicted octanol–water partition coefficient (Wildman–Crippen LogP) is 4.48. The van der Waals surface area contributed by atoms with Gasteiger partial charge < -0.3 is 19.8 Å². The number of rotatable bonds is 10. The number of ether oxygens (including phenoxy) is 1.